The van der Waals surface area contributed by atoms with Gasteiger partial charge in [-0.1, -0.05) is 12.1 Å². The lowest BCUT2D eigenvalue weighted by atomic mass is 9.72. The molecule has 4 heteroatoms. The fraction of sp³-hybridized carbons (Fsp3) is 0.500. The average Bonchev–Trinajstić information content (AvgIpc) is 2.85. The van der Waals surface area contributed by atoms with E-state index in [-0.39, 0.29) is 11.8 Å². The number of amides is 1. The molecule has 1 N–H and O–H groups in total. The van der Waals surface area contributed by atoms with Crippen LogP contribution in [0.3, 0.4) is 0 Å². The molecule has 1 amide bonds. The molecular weight excluding hydrogens is 274 g/mol. The van der Waals surface area contributed by atoms with E-state index in [2.05, 4.69) is 53.3 Å². The van der Waals surface area contributed by atoms with Crippen LogP contribution in [0.5, 0.6) is 0 Å². The maximum atomic E-state index is 12.1. The molecule has 0 radical (unpaired) electrons. The summed E-state index contributed by atoms with van der Waals surface area (Å²) < 4.78 is 2.24. The van der Waals surface area contributed by atoms with Gasteiger partial charge in [-0.25, -0.2) is 0 Å². The van der Waals surface area contributed by atoms with E-state index in [1.807, 2.05) is 0 Å². The summed E-state index contributed by atoms with van der Waals surface area (Å²) in [6.45, 7) is 0.860. The number of piperidine rings is 1. The molecule has 1 aliphatic heterocycles. The zero-order valence-corrected chi connectivity index (χ0v) is 13.5. The highest BCUT2D eigenvalue weighted by Gasteiger charge is 2.41. The number of hydrogen-bond donors (Lipinski definition) is 1. The molecule has 2 aromatic rings. The Morgan fingerprint density at radius 1 is 1.32 bits per heavy atom. The van der Waals surface area contributed by atoms with Crippen molar-refractivity contribution in [3.8, 4) is 0 Å². The quantitative estimate of drug-likeness (QED) is 0.873. The topological polar surface area (TPSA) is 37.3 Å². The van der Waals surface area contributed by atoms with E-state index in [0.29, 0.717) is 12.0 Å². The molecular formula is C18H23N3O. The highest BCUT2D eigenvalue weighted by molar-refractivity contribution is 5.89. The van der Waals surface area contributed by atoms with Crippen LogP contribution in [0.15, 0.2) is 24.4 Å². The number of carbonyl (C=O) groups excluding carboxylic acids is 1. The molecule has 4 rings (SSSR count). The minimum atomic E-state index is 0.0942. The summed E-state index contributed by atoms with van der Waals surface area (Å²) in [6.07, 6.45) is 4.33. The SMILES string of the molecule is CNC(=O)C1CC2c3cccc4c3c(cn4C)CC2N(C)C1. The summed E-state index contributed by atoms with van der Waals surface area (Å²) in [6, 6.07) is 7.14. The van der Waals surface area contributed by atoms with Crippen LogP contribution in [0, 0.1) is 5.92 Å². The van der Waals surface area contributed by atoms with Gasteiger partial charge in [-0.3, -0.25) is 4.79 Å². The summed E-state index contributed by atoms with van der Waals surface area (Å²) in [5.41, 5.74) is 4.21. The van der Waals surface area contributed by atoms with E-state index < -0.39 is 0 Å². The van der Waals surface area contributed by atoms with E-state index in [1.165, 1.54) is 22.0 Å². The summed E-state index contributed by atoms with van der Waals surface area (Å²) in [5, 5.41) is 4.26. The van der Waals surface area contributed by atoms with Crippen molar-refractivity contribution in [2.45, 2.75) is 24.8 Å². The molecule has 3 atom stereocenters. The van der Waals surface area contributed by atoms with Gasteiger partial charge in [0.25, 0.3) is 0 Å². The van der Waals surface area contributed by atoms with Crippen LogP contribution in [-0.4, -0.2) is 42.1 Å². The Bertz CT molecular complexity index is 748. The van der Waals surface area contributed by atoms with Crippen LogP contribution in [0.4, 0.5) is 0 Å². The second kappa shape index (κ2) is 4.85. The number of benzene rings is 1. The first-order valence-electron chi connectivity index (χ1n) is 8.08. The molecule has 4 nitrogen and oxygen atoms in total. The minimum absolute atomic E-state index is 0.0942. The van der Waals surface area contributed by atoms with Crippen molar-refractivity contribution in [2.24, 2.45) is 13.0 Å². The van der Waals surface area contributed by atoms with Crippen molar-refractivity contribution >= 4 is 16.8 Å². The molecule has 3 unspecified atom stereocenters. The van der Waals surface area contributed by atoms with Gasteiger partial charge < -0.3 is 14.8 Å². The second-order valence-electron chi connectivity index (χ2n) is 6.87. The van der Waals surface area contributed by atoms with Crippen LogP contribution in [-0.2, 0) is 18.3 Å². The van der Waals surface area contributed by atoms with Crippen LogP contribution in [0.1, 0.15) is 23.5 Å². The van der Waals surface area contributed by atoms with Crippen molar-refractivity contribution < 1.29 is 4.79 Å². The molecule has 22 heavy (non-hydrogen) atoms. The lowest BCUT2D eigenvalue weighted by Crippen LogP contribution is -2.51. The van der Waals surface area contributed by atoms with E-state index in [0.717, 1.165) is 19.4 Å². The van der Waals surface area contributed by atoms with E-state index in [1.54, 1.807) is 7.05 Å². The summed E-state index contributed by atoms with van der Waals surface area (Å²) in [5.74, 6) is 0.729. The second-order valence-corrected chi connectivity index (χ2v) is 6.87. The Balaban J connectivity index is 1.82. The van der Waals surface area contributed by atoms with Crippen molar-refractivity contribution in [3.63, 3.8) is 0 Å². The lowest BCUT2D eigenvalue weighted by Gasteiger charge is -2.45. The molecule has 1 aliphatic carbocycles. The van der Waals surface area contributed by atoms with Gasteiger partial charge in [0, 0.05) is 49.7 Å². The Morgan fingerprint density at radius 2 is 2.14 bits per heavy atom. The zero-order valence-electron chi connectivity index (χ0n) is 13.5. The average molecular weight is 297 g/mol. The van der Waals surface area contributed by atoms with Gasteiger partial charge in [-0.15, -0.1) is 0 Å². The molecule has 1 saturated heterocycles. The van der Waals surface area contributed by atoms with Gasteiger partial charge in [0.2, 0.25) is 5.91 Å². The smallest absolute Gasteiger partial charge is 0.224 e. The number of hydrogen-bond acceptors (Lipinski definition) is 2. The van der Waals surface area contributed by atoms with Crippen molar-refractivity contribution in [2.75, 3.05) is 20.6 Å². The largest absolute Gasteiger partial charge is 0.359 e. The highest BCUT2D eigenvalue weighted by Crippen LogP contribution is 2.44. The fourth-order valence-electron chi connectivity index (χ4n) is 4.61. The van der Waals surface area contributed by atoms with Crippen LogP contribution in [0.25, 0.3) is 10.9 Å². The third-order valence-corrected chi connectivity index (χ3v) is 5.65. The number of carbonyl (C=O) groups is 1. The maximum absolute atomic E-state index is 12.1. The monoisotopic (exact) mass is 297 g/mol. The normalized spacial score (nSPS) is 27.7. The first-order valence-corrected chi connectivity index (χ1v) is 8.08. The molecule has 1 aromatic carbocycles. The Kier molecular flexibility index (Phi) is 3.05. The molecule has 0 spiro atoms. The molecule has 116 valence electrons. The molecule has 0 saturated carbocycles. The first-order chi connectivity index (χ1) is 10.6. The number of rotatable bonds is 1. The number of nitrogens with one attached hydrogen (secondary N) is 1. The number of fused-ring (bicyclic) bond motifs is 2. The zero-order chi connectivity index (χ0) is 15.4. The molecule has 0 bridgehead atoms. The fourth-order valence-corrected chi connectivity index (χ4v) is 4.61. The van der Waals surface area contributed by atoms with Crippen LogP contribution in [0.2, 0.25) is 0 Å². The minimum Gasteiger partial charge on any atom is -0.359 e. The van der Waals surface area contributed by atoms with Crippen molar-refractivity contribution in [1.82, 2.24) is 14.8 Å². The van der Waals surface area contributed by atoms with E-state index >= 15 is 0 Å². The highest BCUT2D eigenvalue weighted by atomic mass is 16.1. The van der Waals surface area contributed by atoms with Gasteiger partial charge in [-0.2, -0.15) is 0 Å². The Morgan fingerprint density at radius 3 is 2.91 bits per heavy atom. The summed E-state index contributed by atoms with van der Waals surface area (Å²) in [4.78, 5) is 14.5. The van der Waals surface area contributed by atoms with Gasteiger partial charge in [-0.05, 0) is 37.1 Å². The Labute approximate surface area is 131 Å². The predicted octanol–water partition coefficient (Wildman–Crippen LogP) is 1.88. The number of likely N-dealkylation sites (tertiary alicyclic amines) is 1. The number of nitrogens with zero attached hydrogens (tertiary/aromatic N) is 2. The standard InChI is InChI=1S/C18H23N3O/c1-19-18(22)12-7-14-13-5-4-6-15-17(13)11(9-20(15)2)8-16(14)21(3)10-12/h4-6,9,12,14,16H,7-8,10H2,1-3H3,(H,19,22). The van der Waals surface area contributed by atoms with Crippen LogP contribution >= 0.6 is 0 Å². The number of aromatic nitrogens is 1. The van der Waals surface area contributed by atoms with Gasteiger partial charge in [0.05, 0.1) is 5.92 Å². The molecule has 2 heterocycles. The molecule has 1 fully saturated rings. The van der Waals surface area contributed by atoms with Gasteiger partial charge >= 0.3 is 0 Å². The van der Waals surface area contributed by atoms with E-state index in [4.69, 9.17) is 0 Å². The van der Waals surface area contributed by atoms with Gasteiger partial charge in [0.1, 0.15) is 0 Å². The van der Waals surface area contributed by atoms with Crippen molar-refractivity contribution in [1.29, 1.82) is 0 Å². The molecule has 1 aromatic heterocycles. The number of aryl methyl sites for hydroxylation is 1. The van der Waals surface area contributed by atoms with Crippen molar-refractivity contribution in [3.05, 3.63) is 35.5 Å². The number of likely N-dealkylation sites (N-methyl/N-ethyl adjacent to an activating group) is 1. The lowest BCUT2D eigenvalue weighted by molar-refractivity contribution is -0.126. The van der Waals surface area contributed by atoms with Crippen LogP contribution < -0.4 is 5.32 Å². The predicted molar refractivity (Wildman–Crippen MR) is 88.0 cm³/mol. The third-order valence-electron chi connectivity index (χ3n) is 5.65. The maximum Gasteiger partial charge on any atom is 0.224 e. The van der Waals surface area contributed by atoms with Gasteiger partial charge in [0.15, 0.2) is 0 Å². The summed E-state index contributed by atoms with van der Waals surface area (Å²) in [7, 11) is 6.04. The molecule has 2 aliphatic rings. The third kappa shape index (κ3) is 1.83. The first kappa shape index (κ1) is 13.8. The Hall–Kier alpha value is -1.81. The summed E-state index contributed by atoms with van der Waals surface area (Å²) >= 11 is 0. The van der Waals surface area contributed by atoms with E-state index in [9.17, 15) is 4.79 Å².